The molecule has 21 heavy (non-hydrogen) atoms. The molecule has 0 atom stereocenters. The first-order valence-corrected chi connectivity index (χ1v) is 6.85. The number of rotatable bonds is 4. The molecule has 3 rings (SSSR count). The van der Waals surface area contributed by atoms with Crippen molar-refractivity contribution in [1.82, 2.24) is 9.97 Å². The molecular weight excluding hydrogens is 262 g/mol. The minimum Gasteiger partial charge on any atom is -0.399 e. The van der Waals surface area contributed by atoms with Crippen molar-refractivity contribution in [3.8, 4) is 0 Å². The first kappa shape index (κ1) is 13.4. The Hall–Kier alpha value is -2.62. The molecule has 1 aromatic carbocycles. The Morgan fingerprint density at radius 2 is 2.19 bits per heavy atom. The molecule has 0 aliphatic rings. The number of H-pyrrole nitrogens is 1. The van der Waals surface area contributed by atoms with Crippen molar-refractivity contribution in [2.45, 2.75) is 13.3 Å². The third kappa shape index (κ3) is 2.94. The molecule has 0 bridgehead atoms. The minimum atomic E-state index is 0.860. The molecule has 0 spiro atoms. The average Bonchev–Trinajstić information content (AvgIpc) is 2.88. The van der Waals surface area contributed by atoms with E-state index >= 15 is 0 Å². The minimum absolute atomic E-state index is 0.860. The fourth-order valence-electron chi connectivity index (χ4n) is 2.46. The quantitative estimate of drug-likeness (QED) is 0.587. The van der Waals surface area contributed by atoms with Crippen LogP contribution in [0, 0.1) is 6.92 Å². The van der Waals surface area contributed by atoms with E-state index in [-0.39, 0.29) is 0 Å². The van der Waals surface area contributed by atoms with Crippen LogP contribution in [0.25, 0.3) is 11.0 Å². The maximum Gasteiger partial charge on any atom is 0.106 e. The van der Waals surface area contributed by atoms with Gasteiger partial charge in [0.25, 0.3) is 0 Å². The summed E-state index contributed by atoms with van der Waals surface area (Å²) >= 11 is 0. The predicted molar refractivity (Wildman–Crippen MR) is 84.7 cm³/mol. The van der Waals surface area contributed by atoms with Crippen molar-refractivity contribution in [3.63, 3.8) is 0 Å². The van der Waals surface area contributed by atoms with Gasteiger partial charge in [-0.25, -0.2) is 0 Å². The fourth-order valence-corrected chi connectivity index (χ4v) is 2.46. The van der Waals surface area contributed by atoms with Crippen molar-refractivity contribution < 1.29 is 4.84 Å². The molecule has 0 unspecified atom stereocenters. The highest BCUT2D eigenvalue weighted by molar-refractivity contribution is 5.96. The van der Waals surface area contributed by atoms with Crippen LogP contribution in [0.3, 0.4) is 0 Å². The highest BCUT2D eigenvalue weighted by Gasteiger charge is 2.06. The molecule has 0 saturated heterocycles. The summed E-state index contributed by atoms with van der Waals surface area (Å²) in [5.41, 5.74) is 6.60. The summed E-state index contributed by atoms with van der Waals surface area (Å²) in [7, 11) is 1.53. The van der Waals surface area contributed by atoms with Crippen LogP contribution in [-0.2, 0) is 11.3 Å². The number of nitrogens with zero attached hydrogens (tertiary/aromatic N) is 2. The Morgan fingerprint density at radius 3 is 3.00 bits per heavy atom. The zero-order valence-corrected chi connectivity index (χ0v) is 12.1. The molecule has 106 valence electrons. The Bertz CT molecular complexity index is 790. The van der Waals surface area contributed by atoms with Crippen molar-refractivity contribution in [1.29, 1.82) is 0 Å². The van der Waals surface area contributed by atoms with E-state index in [1.54, 1.807) is 12.4 Å². The highest BCUT2D eigenvalue weighted by atomic mass is 16.6. The zero-order valence-electron chi connectivity index (χ0n) is 12.1. The summed E-state index contributed by atoms with van der Waals surface area (Å²) in [6.07, 6.45) is 4.33. The van der Waals surface area contributed by atoms with Gasteiger partial charge in [-0.2, -0.15) is 0 Å². The first-order valence-electron chi connectivity index (χ1n) is 6.85. The normalized spacial score (nSPS) is 11.3. The lowest BCUT2D eigenvalue weighted by Gasteiger charge is -2.00. The van der Waals surface area contributed by atoms with E-state index in [0.717, 1.165) is 28.7 Å². The van der Waals surface area contributed by atoms with Crippen molar-refractivity contribution >= 4 is 17.2 Å². The van der Waals surface area contributed by atoms with Crippen LogP contribution < -0.4 is 0 Å². The van der Waals surface area contributed by atoms with E-state index in [1.807, 2.05) is 6.07 Å². The monoisotopic (exact) mass is 279 g/mol. The van der Waals surface area contributed by atoms with Gasteiger partial charge in [-0.05, 0) is 24.6 Å². The number of nitrogens with one attached hydrogen (secondary N) is 1. The summed E-state index contributed by atoms with van der Waals surface area (Å²) in [4.78, 5) is 12.6. The van der Waals surface area contributed by atoms with Crippen LogP contribution in [0.1, 0.15) is 22.4 Å². The summed E-state index contributed by atoms with van der Waals surface area (Å²) < 4.78 is 0. The Labute approximate surface area is 123 Å². The van der Waals surface area contributed by atoms with Crippen LogP contribution >= 0.6 is 0 Å². The van der Waals surface area contributed by atoms with Crippen LogP contribution in [0.4, 0.5) is 0 Å². The lowest BCUT2D eigenvalue weighted by atomic mass is 10.1. The van der Waals surface area contributed by atoms with E-state index < -0.39 is 0 Å². The third-order valence-electron chi connectivity index (χ3n) is 3.38. The molecule has 0 radical (unpaired) electrons. The number of fused-ring (bicyclic) bond motifs is 1. The van der Waals surface area contributed by atoms with Gasteiger partial charge in [0.05, 0.1) is 17.2 Å². The molecule has 2 heterocycles. The van der Waals surface area contributed by atoms with Crippen molar-refractivity contribution in [2.24, 2.45) is 5.16 Å². The number of aromatic nitrogens is 2. The van der Waals surface area contributed by atoms with Gasteiger partial charge in [-0.1, -0.05) is 35.0 Å². The maximum absolute atomic E-state index is 4.75. The SMILES string of the molecule is CON=Cc1ccnc2cc(Cc3cccc(C)c3)[nH]c12. The molecular formula is C17H17N3O. The summed E-state index contributed by atoms with van der Waals surface area (Å²) in [6.45, 7) is 2.11. The van der Waals surface area contributed by atoms with Gasteiger partial charge >= 0.3 is 0 Å². The van der Waals surface area contributed by atoms with E-state index in [0.29, 0.717) is 0 Å². The molecule has 0 aliphatic heterocycles. The summed E-state index contributed by atoms with van der Waals surface area (Å²) in [5, 5.41) is 3.82. The molecule has 3 aromatic rings. The second-order valence-electron chi connectivity index (χ2n) is 5.04. The van der Waals surface area contributed by atoms with Crippen molar-refractivity contribution in [3.05, 3.63) is 65.0 Å². The van der Waals surface area contributed by atoms with Crippen LogP contribution in [0.15, 0.2) is 47.8 Å². The molecule has 1 N–H and O–H groups in total. The van der Waals surface area contributed by atoms with Gasteiger partial charge in [0.2, 0.25) is 0 Å². The number of aryl methyl sites for hydroxylation is 1. The molecule has 0 fully saturated rings. The Kier molecular flexibility index (Phi) is 3.69. The van der Waals surface area contributed by atoms with Gasteiger partial charge in [0, 0.05) is 23.9 Å². The first-order chi connectivity index (χ1) is 10.3. The fraction of sp³-hybridized carbons (Fsp3) is 0.176. The average molecular weight is 279 g/mol. The van der Waals surface area contributed by atoms with Gasteiger partial charge in [0.1, 0.15) is 7.11 Å². The maximum atomic E-state index is 4.75. The molecule has 0 saturated carbocycles. The zero-order chi connectivity index (χ0) is 14.7. The molecule has 2 aromatic heterocycles. The van der Waals surface area contributed by atoms with Gasteiger partial charge in [0.15, 0.2) is 0 Å². The third-order valence-corrected chi connectivity index (χ3v) is 3.38. The number of hydrogen-bond donors (Lipinski definition) is 1. The van der Waals surface area contributed by atoms with E-state index in [1.165, 1.54) is 18.2 Å². The molecule has 4 nitrogen and oxygen atoms in total. The smallest absolute Gasteiger partial charge is 0.106 e. The van der Waals surface area contributed by atoms with E-state index in [9.17, 15) is 0 Å². The largest absolute Gasteiger partial charge is 0.399 e. The molecule has 0 aliphatic carbocycles. The summed E-state index contributed by atoms with van der Waals surface area (Å²) in [6, 6.07) is 12.5. The Morgan fingerprint density at radius 1 is 1.29 bits per heavy atom. The van der Waals surface area contributed by atoms with Crippen molar-refractivity contribution in [2.75, 3.05) is 7.11 Å². The topological polar surface area (TPSA) is 50.3 Å². The molecule has 0 amide bonds. The van der Waals surface area contributed by atoms with Crippen LogP contribution in [0.2, 0.25) is 0 Å². The van der Waals surface area contributed by atoms with E-state index in [4.69, 9.17) is 4.84 Å². The molecule has 4 heteroatoms. The van der Waals surface area contributed by atoms with E-state index in [2.05, 4.69) is 52.4 Å². The Balaban J connectivity index is 1.95. The highest BCUT2D eigenvalue weighted by Crippen LogP contribution is 2.19. The van der Waals surface area contributed by atoms with Crippen LogP contribution in [-0.4, -0.2) is 23.3 Å². The lowest BCUT2D eigenvalue weighted by molar-refractivity contribution is 0.215. The second-order valence-corrected chi connectivity index (χ2v) is 5.04. The number of oxime groups is 1. The van der Waals surface area contributed by atoms with Gasteiger partial charge < -0.3 is 9.82 Å². The standard InChI is InChI=1S/C17H17N3O/c1-12-4-3-5-13(8-12)9-15-10-16-17(20-15)14(6-7-18-16)11-19-21-2/h3-8,10-11,20H,9H2,1-2H3. The van der Waals surface area contributed by atoms with Crippen LogP contribution in [0.5, 0.6) is 0 Å². The second kappa shape index (κ2) is 5.79. The van der Waals surface area contributed by atoms with Gasteiger partial charge in [-0.3, -0.25) is 4.98 Å². The van der Waals surface area contributed by atoms with Gasteiger partial charge in [-0.15, -0.1) is 0 Å². The lowest BCUT2D eigenvalue weighted by Crippen LogP contribution is -1.89. The summed E-state index contributed by atoms with van der Waals surface area (Å²) in [5.74, 6) is 0. The number of aromatic amines is 1. The predicted octanol–water partition coefficient (Wildman–Crippen LogP) is 3.44. The number of hydrogen-bond acceptors (Lipinski definition) is 3. The number of benzene rings is 1. The number of pyridine rings is 1.